The molecule has 5 nitrogen and oxygen atoms in total. The van der Waals surface area contributed by atoms with Crippen LogP contribution in [-0.4, -0.2) is 37.9 Å². The zero-order valence-corrected chi connectivity index (χ0v) is 15.8. The van der Waals surface area contributed by atoms with Crippen LogP contribution in [0.5, 0.6) is 5.75 Å². The van der Waals surface area contributed by atoms with Gasteiger partial charge < -0.3 is 20.5 Å². The maximum atomic E-state index is 13.9. The molecule has 0 saturated heterocycles. The van der Waals surface area contributed by atoms with Crippen molar-refractivity contribution >= 4 is 5.96 Å². The van der Waals surface area contributed by atoms with Crippen molar-refractivity contribution in [2.45, 2.75) is 46.1 Å². The number of nitrogens with zero attached hydrogens (tertiary/aromatic N) is 1. The van der Waals surface area contributed by atoms with Crippen LogP contribution in [-0.2, 0) is 0 Å². The van der Waals surface area contributed by atoms with Gasteiger partial charge in [0.1, 0.15) is 0 Å². The Balaban J connectivity index is 2.78. The Hall–Kier alpha value is -1.82. The molecular weight excluding hydrogens is 321 g/mol. The maximum absolute atomic E-state index is 13.9. The van der Waals surface area contributed by atoms with E-state index in [0.717, 1.165) is 31.4 Å². The van der Waals surface area contributed by atoms with Gasteiger partial charge in [0.15, 0.2) is 17.5 Å². The minimum Gasteiger partial charge on any atom is -0.494 e. The Morgan fingerprint density at radius 1 is 1.32 bits per heavy atom. The number of benzene rings is 1. The summed E-state index contributed by atoms with van der Waals surface area (Å²) in [5.74, 6) is 0.939. The summed E-state index contributed by atoms with van der Waals surface area (Å²) < 4.78 is 18.9. The molecule has 1 rings (SSSR count). The van der Waals surface area contributed by atoms with Gasteiger partial charge in [-0.05, 0) is 50.3 Å². The highest BCUT2D eigenvalue weighted by Crippen LogP contribution is 2.21. The number of hydrogen-bond donors (Lipinski definition) is 3. The van der Waals surface area contributed by atoms with Crippen molar-refractivity contribution < 1.29 is 14.2 Å². The van der Waals surface area contributed by atoms with Gasteiger partial charge in [-0.3, -0.25) is 4.99 Å². The van der Waals surface area contributed by atoms with E-state index in [1.165, 1.54) is 13.2 Å². The van der Waals surface area contributed by atoms with Crippen LogP contribution >= 0.6 is 0 Å². The molecule has 0 fully saturated rings. The van der Waals surface area contributed by atoms with Gasteiger partial charge in [0.2, 0.25) is 0 Å². The fourth-order valence-electron chi connectivity index (χ4n) is 2.70. The monoisotopic (exact) mass is 353 g/mol. The van der Waals surface area contributed by atoms with E-state index in [4.69, 9.17) is 9.84 Å². The third kappa shape index (κ3) is 7.30. The second-order valence-electron chi connectivity index (χ2n) is 6.15. The Kier molecular flexibility index (Phi) is 9.92. The molecule has 0 spiro atoms. The minimum atomic E-state index is -0.374. The number of aliphatic imine (C=N–C) groups is 1. The van der Waals surface area contributed by atoms with Gasteiger partial charge >= 0.3 is 0 Å². The number of methoxy groups -OCH3 is 1. The van der Waals surface area contributed by atoms with Crippen LogP contribution in [0.25, 0.3) is 0 Å². The van der Waals surface area contributed by atoms with Crippen LogP contribution in [0.4, 0.5) is 4.39 Å². The van der Waals surface area contributed by atoms with E-state index in [9.17, 15) is 4.39 Å². The highest BCUT2D eigenvalue weighted by molar-refractivity contribution is 5.80. The van der Waals surface area contributed by atoms with E-state index < -0.39 is 0 Å². The lowest BCUT2D eigenvalue weighted by Gasteiger charge is -2.20. The summed E-state index contributed by atoms with van der Waals surface area (Å²) in [6, 6.07) is 4.85. The standard InChI is InChI=1S/C19H32FN3O2/c1-5-7-15(10-11-24)13-22-19(21-6-2)23-14(3)16-8-9-18(25-4)17(20)12-16/h8-9,12,14-15,24H,5-7,10-11,13H2,1-4H3,(H2,21,22,23). The molecule has 1 aromatic carbocycles. The van der Waals surface area contributed by atoms with Crippen LogP contribution in [0.15, 0.2) is 23.2 Å². The lowest BCUT2D eigenvalue weighted by atomic mass is 10.0. The molecule has 0 saturated carbocycles. The van der Waals surface area contributed by atoms with Crippen molar-refractivity contribution in [3.05, 3.63) is 29.6 Å². The van der Waals surface area contributed by atoms with E-state index in [1.807, 2.05) is 19.9 Å². The van der Waals surface area contributed by atoms with Crippen LogP contribution in [0.2, 0.25) is 0 Å². The van der Waals surface area contributed by atoms with Crippen LogP contribution in [0.3, 0.4) is 0 Å². The lowest BCUT2D eigenvalue weighted by Crippen LogP contribution is -2.39. The van der Waals surface area contributed by atoms with Crippen molar-refractivity contribution in [2.24, 2.45) is 10.9 Å². The highest BCUT2D eigenvalue weighted by atomic mass is 19.1. The van der Waals surface area contributed by atoms with Gasteiger partial charge in [-0.15, -0.1) is 0 Å². The summed E-state index contributed by atoms with van der Waals surface area (Å²) in [5, 5.41) is 15.7. The summed E-state index contributed by atoms with van der Waals surface area (Å²) in [6.45, 7) is 7.70. The smallest absolute Gasteiger partial charge is 0.191 e. The molecule has 0 aliphatic rings. The third-order valence-corrected chi connectivity index (χ3v) is 4.12. The van der Waals surface area contributed by atoms with Crippen molar-refractivity contribution in [2.75, 3.05) is 26.8 Å². The average Bonchev–Trinajstić information content (AvgIpc) is 2.59. The molecule has 0 aromatic heterocycles. The SMILES string of the molecule is CCCC(CCO)CN=C(NCC)NC(C)c1ccc(OC)c(F)c1. The van der Waals surface area contributed by atoms with E-state index in [0.29, 0.717) is 18.4 Å². The zero-order valence-electron chi connectivity index (χ0n) is 15.8. The van der Waals surface area contributed by atoms with Crippen LogP contribution < -0.4 is 15.4 Å². The quantitative estimate of drug-likeness (QED) is 0.446. The number of guanidine groups is 1. The molecule has 25 heavy (non-hydrogen) atoms. The first-order valence-electron chi connectivity index (χ1n) is 9.04. The summed E-state index contributed by atoms with van der Waals surface area (Å²) in [7, 11) is 1.45. The Bertz CT molecular complexity index is 531. The molecular formula is C19H32FN3O2. The molecule has 1 aromatic rings. The molecule has 0 amide bonds. The summed E-state index contributed by atoms with van der Waals surface area (Å²) in [6.07, 6.45) is 2.88. The predicted octanol–water partition coefficient (Wildman–Crippen LogP) is 3.25. The number of aliphatic hydroxyl groups excluding tert-OH is 1. The first kappa shape index (κ1) is 21.2. The fourth-order valence-corrected chi connectivity index (χ4v) is 2.70. The second-order valence-corrected chi connectivity index (χ2v) is 6.15. The van der Waals surface area contributed by atoms with Gasteiger partial charge in [0.25, 0.3) is 0 Å². The van der Waals surface area contributed by atoms with Crippen molar-refractivity contribution in [3.8, 4) is 5.75 Å². The maximum Gasteiger partial charge on any atom is 0.191 e. The summed E-state index contributed by atoms with van der Waals surface area (Å²) >= 11 is 0. The Morgan fingerprint density at radius 2 is 2.08 bits per heavy atom. The molecule has 0 aliphatic heterocycles. The minimum absolute atomic E-state index is 0.0966. The normalized spacial score (nSPS) is 14.1. The zero-order chi connectivity index (χ0) is 18.7. The van der Waals surface area contributed by atoms with Crippen LogP contribution in [0, 0.1) is 11.7 Å². The van der Waals surface area contributed by atoms with Gasteiger partial charge in [-0.25, -0.2) is 4.39 Å². The Labute approximate surface area is 150 Å². The molecule has 2 unspecified atom stereocenters. The summed E-state index contributed by atoms with van der Waals surface area (Å²) in [5.41, 5.74) is 0.823. The molecule has 2 atom stereocenters. The first-order chi connectivity index (χ1) is 12.0. The average molecular weight is 353 g/mol. The van der Waals surface area contributed by atoms with Crippen molar-refractivity contribution in [1.82, 2.24) is 10.6 Å². The number of ether oxygens (including phenoxy) is 1. The molecule has 0 bridgehead atoms. The van der Waals surface area contributed by atoms with E-state index in [1.54, 1.807) is 6.07 Å². The topological polar surface area (TPSA) is 65.9 Å². The third-order valence-electron chi connectivity index (χ3n) is 4.12. The largest absolute Gasteiger partial charge is 0.494 e. The second kappa shape index (κ2) is 11.7. The molecule has 3 N–H and O–H groups in total. The molecule has 0 radical (unpaired) electrons. The lowest BCUT2D eigenvalue weighted by molar-refractivity contribution is 0.253. The molecule has 0 aliphatic carbocycles. The number of nitrogens with one attached hydrogen (secondary N) is 2. The van der Waals surface area contributed by atoms with E-state index in [2.05, 4.69) is 22.5 Å². The molecule has 142 valence electrons. The van der Waals surface area contributed by atoms with Crippen molar-refractivity contribution in [3.63, 3.8) is 0 Å². The predicted molar refractivity (Wildman–Crippen MR) is 101 cm³/mol. The molecule has 0 heterocycles. The Morgan fingerprint density at radius 3 is 2.64 bits per heavy atom. The fraction of sp³-hybridized carbons (Fsp3) is 0.632. The highest BCUT2D eigenvalue weighted by Gasteiger charge is 2.12. The van der Waals surface area contributed by atoms with E-state index in [-0.39, 0.29) is 24.2 Å². The van der Waals surface area contributed by atoms with Gasteiger partial charge in [-0.2, -0.15) is 0 Å². The molecule has 6 heteroatoms. The van der Waals surface area contributed by atoms with Gasteiger partial charge in [0, 0.05) is 19.7 Å². The van der Waals surface area contributed by atoms with E-state index >= 15 is 0 Å². The van der Waals surface area contributed by atoms with Gasteiger partial charge in [0.05, 0.1) is 13.2 Å². The first-order valence-corrected chi connectivity index (χ1v) is 9.04. The number of rotatable bonds is 10. The summed E-state index contributed by atoms with van der Waals surface area (Å²) in [4.78, 5) is 4.64. The van der Waals surface area contributed by atoms with Gasteiger partial charge in [-0.1, -0.05) is 19.4 Å². The number of halogens is 1. The number of aliphatic hydroxyl groups is 1. The number of hydrogen-bond acceptors (Lipinski definition) is 3. The van der Waals surface area contributed by atoms with Crippen LogP contribution in [0.1, 0.15) is 51.6 Å². The van der Waals surface area contributed by atoms with Crippen molar-refractivity contribution in [1.29, 1.82) is 0 Å².